The highest BCUT2D eigenvalue weighted by atomic mass is 16.5. The van der Waals surface area contributed by atoms with Crippen LogP contribution in [0.1, 0.15) is 33.6 Å². The molecule has 7 nitrogen and oxygen atoms in total. The molecule has 7 heteroatoms. The van der Waals surface area contributed by atoms with E-state index < -0.39 is 0 Å². The summed E-state index contributed by atoms with van der Waals surface area (Å²) in [5.74, 6) is 1.05. The number of nitrogens with one attached hydrogen (secondary N) is 1. The van der Waals surface area contributed by atoms with Crippen molar-refractivity contribution in [3.8, 4) is 11.5 Å². The summed E-state index contributed by atoms with van der Waals surface area (Å²) in [5, 5.41) is 2.97. The smallest absolute Gasteiger partial charge is 0.258 e. The number of carbonyl (C=O) groups excluding carboxylic acids is 2. The second-order valence-corrected chi connectivity index (χ2v) is 6.50. The fourth-order valence-corrected chi connectivity index (χ4v) is 3.31. The van der Waals surface area contributed by atoms with Crippen molar-refractivity contribution in [2.24, 2.45) is 5.92 Å². The Labute approximate surface area is 158 Å². The Bertz CT molecular complexity index is 757. The van der Waals surface area contributed by atoms with Crippen molar-refractivity contribution in [1.82, 2.24) is 10.2 Å². The van der Waals surface area contributed by atoms with Gasteiger partial charge in [0.1, 0.15) is 23.3 Å². The average Bonchev–Trinajstić information content (AvgIpc) is 3.26. The summed E-state index contributed by atoms with van der Waals surface area (Å²) < 4.78 is 15.5. The Morgan fingerprint density at radius 2 is 1.81 bits per heavy atom. The van der Waals surface area contributed by atoms with E-state index in [1.165, 1.54) is 26.7 Å². The van der Waals surface area contributed by atoms with Crippen LogP contribution in [0.4, 0.5) is 0 Å². The van der Waals surface area contributed by atoms with Crippen molar-refractivity contribution >= 4 is 11.8 Å². The monoisotopic (exact) mass is 372 g/mol. The van der Waals surface area contributed by atoms with E-state index in [2.05, 4.69) is 5.32 Å². The SMILES string of the molecule is COc1cccc(OC)c1C(=O)NCC1CCN(C(=O)c2ccoc2)CC1. The van der Waals surface area contributed by atoms with Crippen molar-refractivity contribution in [3.63, 3.8) is 0 Å². The summed E-state index contributed by atoms with van der Waals surface area (Å²) in [7, 11) is 3.05. The van der Waals surface area contributed by atoms with Crippen LogP contribution < -0.4 is 14.8 Å². The number of likely N-dealkylation sites (tertiary alicyclic amines) is 1. The van der Waals surface area contributed by atoms with Crippen molar-refractivity contribution in [1.29, 1.82) is 0 Å². The first kappa shape index (κ1) is 18.8. The van der Waals surface area contributed by atoms with Gasteiger partial charge in [-0.2, -0.15) is 0 Å². The molecule has 144 valence electrons. The third-order valence-electron chi connectivity index (χ3n) is 4.88. The molecule has 27 heavy (non-hydrogen) atoms. The first-order chi connectivity index (χ1) is 13.1. The van der Waals surface area contributed by atoms with Crippen LogP contribution in [-0.2, 0) is 0 Å². The van der Waals surface area contributed by atoms with Crippen LogP contribution in [0.25, 0.3) is 0 Å². The number of nitrogens with zero attached hydrogens (tertiary/aromatic N) is 1. The molecule has 1 N–H and O–H groups in total. The summed E-state index contributed by atoms with van der Waals surface area (Å²) >= 11 is 0. The minimum Gasteiger partial charge on any atom is -0.496 e. The first-order valence-corrected chi connectivity index (χ1v) is 8.94. The highest BCUT2D eigenvalue weighted by Gasteiger charge is 2.25. The topological polar surface area (TPSA) is 81.0 Å². The molecule has 1 aromatic carbocycles. The van der Waals surface area contributed by atoms with E-state index in [0.717, 1.165) is 12.8 Å². The number of hydrogen-bond acceptors (Lipinski definition) is 5. The van der Waals surface area contributed by atoms with Crippen LogP contribution in [0.3, 0.4) is 0 Å². The van der Waals surface area contributed by atoms with Crippen molar-refractivity contribution in [2.45, 2.75) is 12.8 Å². The van der Waals surface area contributed by atoms with E-state index in [0.29, 0.717) is 48.2 Å². The summed E-state index contributed by atoms with van der Waals surface area (Å²) in [6.45, 7) is 1.89. The lowest BCUT2D eigenvalue weighted by molar-refractivity contribution is 0.0683. The number of piperidine rings is 1. The Kier molecular flexibility index (Phi) is 6.01. The maximum Gasteiger partial charge on any atom is 0.258 e. The molecule has 2 amide bonds. The Morgan fingerprint density at radius 3 is 2.37 bits per heavy atom. The fraction of sp³-hybridized carbons (Fsp3) is 0.400. The van der Waals surface area contributed by atoms with E-state index in [-0.39, 0.29) is 11.8 Å². The maximum atomic E-state index is 12.6. The van der Waals surface area contributed by atoms with Gasteiger partial charge in [-0.3, -0.25) is 9.59 Å². The predicted octanol–water partition coefficient (Wildman–Crippen LogP) is 2.58. The van der Waals surface area contributed by atoms with Gasteiger partial charge in [-0.1, -0.05) is 6.07 Å². The van der Waals surface area contributed by atoms with E-state index in [1.807, 2.05) is 4.90 Å². The highest BCUT2D eigenvalue weighted by molar-refractivity contribution is 5.99. The molecule has 1 saturated heterocycles. The van der Waals surface area contributed by atoms with E-state index in [1.54, 1.807) is 24.3 Å². The lowest BCUT2D eigenvalue weighted by atomic mass is 9.96. The number of amides is 2. The van der Waals surface area contributed by atoms with Crippen LogP contribution in [0.2, 0.25) is 0 Å². The van der Waals surface area contributed by atoms with E-state index in [9.17, 15) is 9.59 Å². The number of carbonyl (C=O) groups is 2. The molecule has 1 aromatic heterocycles. The quantitative estimate of drug-likeness (QED) is 0.843. The summed E-state index contributed by atoms with van der Waals surface area (Å²) in [5.41, 5.74) is 0.972. The molecule has 1 aliphatic rings. The van der Waals surface area contributed by atoms with Gasteiger partial charge in [-0.25, -0.2) is 0 Å². The van der Waals surface area contributed by atoms with Gasteiger partial charge in [0.15, 0.2) is 0 Å². The van der Waals surface area contributed by atoms with Gasteiger partial charge in [-0.15, -0.1) is 0 Å². The second kappa shape index (κ2) is 8.62. The lowest BCUT2D eigenvalue weighted by Gasteiger charge is -2.31. The van der Waals surface area contributed by atoms with Crippen LogP contribution in [0.5, 0.6) is 11.5 Å². The predicted molar refractivity (Wildman–Crippen MR) is 99.2 cm³/mol. The molecule has 0 bridgehead atoms. The highest BCUT2D eigenvalue weighted by Crippen LogP contribution is 2.28. The summed E-state index contributed by atoms with van der Waals surface area (Å²) in [6.07, 6.45) is 4.65. The molecule has 0 saturated carbocycles. The number of ether oxygens (including phenoxy) is 2. The van der Waals surface area contributed by atoms with Gasteiger partial charge in [0, 0.05) is 19.6 Å². The Hall–Kier alpha value is -2.96. The Balaban J connectivity index is 1.53. The normalized spacial score (nSPS) is 14.7. The zero-order valence-corrected chi connectivity index (χ0v) is 15.6. The number of methoxy groups -OCH3 is 2. The second-order valence-electron chi connectivity index (χ2n) is 6.50. The number of benzene rings is 1. The summed E-state index contributed by atoms with van der Waals surface area (Å²) in [4.78, 5) is 26.8. The molecule has 0 radical (unpaired) electrons. The molecule has 0 aliphatic carbocycles. The molecule has 0 atom stereocenters. The largest absolute Gasteiger partial charge is 0.496 e. The van der Waals surface area contributed by atoms with Gasteiger partial charge in [0.25, 0.3) is 11.8 Å². The van der Waals surface area contributed by atoms with Crippen LogP contribution >= 0.6 is 0 Å². The molecule has 1 fully saturated rings. The molecule has 0 unspecified atom stereocenters. The molecule has 3 rings (SSSR count). The Morgan fingerprint density at radius 1 is 1.15 bits per heavy atom. The van der Waals surface area contributed by atoms with Crippen LogP contribution in [-0.4, -0.2) is 50.6 Å². The maximum absolute atomic E-state index is 12.6. The van der Waals surface area contributed by atoms with Gasteiger partial charge in [0.2, 0.25) is 0 Å². The van der Waals surface area contributed by atoms with E-state index >= 15 is 0 Å². The first-order valence-electron chi connectivity index (χ1n) is 8.94. The third kappa shape index (κ3) is 4.24. The van der Waals surface area contributed by atoms with Gasteiger partial charge in [0.05, 0.1) is 26.0 Å². The molecule has 1 aliphatic heterocycles. The van der Waals surface area contributed by atoms with Crippen molar-refractivity contribution in [3.05, 3.63) is 47.9 Å². The lowest BCUT2D eigenvalue weighted by Crippen LogP contribution is -2.41. The average molecular weight is 372 g/mol. The van der Waals surface area contributed by atoms with Gasteiger partial charge >= 0.3 is 0 Å². The van der Waals surface area contributed by atoms with E-state index in [4.69, 9.17) is 13.9 Å². The molecule has 2 heterocycles. The number of hydrogen-bond donors (Lipinski definition) is 1. The zero-order chi connectivity index (χ0) is 19.2. The van der Waals surface area contributed by atoms with Gasteiger partial charge in [-0.05, 0) is 37.0 Å². The van der Waals surface area contributed by atoms with Gasteiger partial charge < -0.3 is 24.1 Å². The molecular weight excluding hydrogens is 348 g/mol. The van der Waals surface area contributed by atoms with Crippen LogP contribution in [0.15, 0.2) is 41.2 Å². The van der Waals surface area contributed by atoms with Crippen LogP contribution in [0, 0.1) is 5.92 Å². The minimum atomic E-state index is -0.221. The summed E-state index contributed by atoms with van der Waals surface area (Å²) in [6, 6.07) is 6.92. The standard InChI is InChI=1S/C20H24N2O5/c1-25-16-4-3-5-17(26-2)18(16)19(23)21-12-14-6-9-22(10-7-14)20(24)15-8-11-27-13-15/h3-5,8,11,13-14H,6-7,9-10,12H2,1-2H3,(H,21,23). The zero-order valence-electron chi connectivity index (χ0n) is 15.6. The number of furan rings is 1. The molecule has 0 spiro atoms. The minimum absolute atomic E-state index is 0.00926. The molecular formula is C20H24N2O5. The van der Waals surface area contributed by atoms with Crippen molar-refractivity contribution in [2.75, 3.05) is 33.9 Å². The third-order valence-corrected chi connectivity index (χ3v) is 4.88. The number of rotatable bonds is 6. The fourth-order valence-electron chi connectivity index (χ4n) is 3.31. The van der Waals surface area contributed by atoms with Crippen molar-refractivity contribution < 1.29 is 23.5 Å². The molecule has 2 aromatic rings.